The Kier molecular flexibility index (Phi) is 24.6. The second kappa shape index (κ2) is 27.1. The minimum absolute atomic E-state index is 0.0895. The van der Waals surface area contributed by atoms with Crippen LogP contribution in [-0.4, -0.2) is 19.2 Å². The number of hydrogen-bond acceptors (Lipinski definition) is 3. The fraction of sp³-hybridized carbons (Fsp3) is 0.800. The predicted octanol–water partition coefficient (Wildman–Crippen LogP) is 11.2. The predicted molar refractivity (Wildman–Crippen MR) is 164 cm³/mol. The molecule has 0 heterocycles. The van der Waals surface area contributed by atoms with Gasteiger partial charge in [0.2, 0.25) is 0 Å². The topological polar surface area (TPSA) is 35.5 Å². The van der Waals surface area contributed by atoms with Gasteiger partial charge in [0.15, 0.2) is 0 Å². The van der Waals surface area contributed by atoms with Gasteiger partial charge in [-0.25, -0.2) is 0 Å². The van der Waals surface area contributed by atoms with Gasteiger partial charge in [-0.2, -0.15) is 0 Å². The summed E-state index contributed by atoms with van der Waals surface area (Å²) in [5.74, 6) is 0.764. The highest BCUT2D eigenvalue weighted by Crippen LogP contribution is 2.16. The van der Waals surface area contributed by atoms with Crippen LogP contribution in [0, 0.1) is 0 Å². The van der Waals surface area contributed by atoms with E-state index in [1.807, 2.05) is 12.1 Å². The maximum atomic E-state index is 12.0. The van der Waals surface area contributed by atoms with E-state index in [0.29, 0.717) is 19.6 Å². The largest absolute Gasteiger partial charge is 0.490 e. The van der Waals surface area contributed by atoms with Gasteiger partial charge in [0.1, 0.15) is 19.0 Å². The molecule has 220 valence electrons. The second-order valence-corrected chi connectivity index (χ2v) is 11.3. The molecular formula is C35H62O3. The number of esters is 1. The van der Waals surface area contributed by atoms with Crippen molar-refractivity contribution in [2.24, 2.45) is 0 Å². The third-order valence-corrected chi connectivity index (χ3v) is 7.59. The molecule has 0 spiro atoms. The van der Waals surface area contributed by atoms with Gasteiger partial charge in [-0.05, 0) is 37.0 Å². The first-order valence-corrected chi connectivity index (χ1v) is 16.6. The summed E-state index contributed by atoms with van der Waals surface area (Å²) in [6.45, 7) is 5.30. The van der Waals surface area contributed by atoms with Gasteiger partial charge in [0.25, 0.3) is 0 Å². The van der Waals surface area contributed by atoms with Crippen molar-refractivity contribution in [1.29, 1.82) is 0 Å². The summed E-state index contributed by atoms with van der Waals surface area (Å²) in [7, 11) is 0. The lowest BCUT2D eigenvalue weighted by Crippen LogP contribution is -2.12. The van der Waals surface area contributed by atoms with Crippen molar-refractivity contribution < 1.29 is 14.3 Å². The van der Waals surface area contributed by atoms with E-state index >= 15 is 0 Å². The summed E-state index contributed by atoms with van der Waals surface area (Å²) >= 11 is 0. The summed E-state index contributed by atoms with van der Waals surface area (Å²) < 4.78 is 11.1. The van der Waals surface area contributed by atoms with Crippen LogP contribution in [0.25, 0.3) is 0 Å². The van der Waals surface area contributed by atoms with Gasteiger partial charge < -0.3 is 9.47 Å². The number of unbranched alkanes of at least 4 members (excludes halogenated alkanes) is 20. The molecule has 0 N–H and O–H groups in total. The highest BCUT2D eigenvalue weighted by Gasteiger charge is 2.03. The Labute approximate surface area is 236 Å². The smallest absolute Gasteiger partial charge is 0.305 e. The molecule has 0 aromatic heterocycles. The molecule has 0 unspecified atom stereocenters. The van der Waals surface area contributed by atoms with Crippen LogP contribution in [0.4, 0.5) is 0 Å². The lowest BCUT2D eigenvalue weighted by Gasteiger charge is -2.08. The van der Waals surface area contributed by atoms with E-state index in [1.165, 1.54) is 134 Å². The van der Waals surface area contributed by atoms with Crippen LogP contribution >= 0.6 is 0 Å². The van der Waals surface area contributed by atoms with Gasteiger partial charge in [0.05, 0.1) is 0 Å². The molecule has 1 aromatic carbocycles. The molecule has 0 bridgehead atoms. The van der Waals surface area contributed by atoms with Crippen LogP contribution in [0.3, 0.4) is 0 Å². The van der Waals surface area contributed by atoms with Crippen molar-refractivity contribution in [2.75, 3.05) is 13.2 Å². The van der Waals surface area contributed by atoms with Crippen molar-refractivity contribution in [2.45, 2.75) is 168 Å². The number of hydrogen-bond donors (Lipinski definition) is 0. The minimum Gasteiger partial charge on any atom is -0.490 e. The van der Waals surface area contributed by atoms with Crippen LogP contribution in [-0.2, 0) is 16.0 Å². The molecule has 3 heteroatoms. The Balaban J connectivity index is 1.86. The first-order chi connectivity index (χ1) is 18.8. The molecule has 0 aliphatic rings. The highest BCUT2D eigenvalue weighted by molar-refractivity contribution is 5.69. The number of benzene rings is 1. The van der Waals surface area contributed by atoms with Crippen molar-refractivity contribution in [1.82, 2.24) is 0 Å². The fourth-order valence-electron chi connectivity index (χ4n) is 5.07. The number of carbonyl (C=O) groups is 1. The van der Waals surface area contributed by atoms with Crippen molar-refractivity contribution in [3.05, 3.63) is 29.8 Å². The molecule has 0 saturated carbocycles. The van der Waals surface area contributed by atoms with E-state index in [-0.39, 0.29) is 5.97 Å². The summed E-state index contributed by atoms with van der Waals surface area (Å²) in [5, 5.41) is 0. The minimum atomic E-state index is -0.0895. The molecule has 3 nitrogen and oxygen atoms in total. The Morgan fingerprint density at radius 1 is 0.526 bits per heavy atom. The molecule has 0 atom stereocenters. The molecule has 0 aliphatic heterocycles. The quantitative estimate of drug-likeness (QED) is 0.0798. The SMILES string of the molecule is CCCCCCCCCCCCCCCCCC(=O)OCCOc1ccc(CCCCCCCCC)cc1. The van der Waals surface area contributed by atoms with Gasteiger partial charge in [0, 0.05) is 6.42 Å². The summed E-state index contributed by atoms with van der Waals surface area (Å²) in [4.78, 5) is 12.0. The maximum absolute atomic E-state index is 12.0. The van der Waals surface area contributed by atoms with Crippen LogP contribution in [0.15, 0.2) is 24.3 Å². The Morgan fingerprint density at radius 3 is 1.42 bits per heavy atom. The molecule has 0 amide bonds. The van der Waals surface area contributed by atoms with Crippen LogP contribution in [0.2, 0.25) is 0 Å². The highest BCUT2D eigenvalue weighted by atomic mass is 16.6. The Hall–Kier alpha value is -1.51. The van der Waals surface area contributed by atoms with Gasteiger partial charge in [-0.3, -0.25) is 4.79 Å². The lowest BCUT2D eigenvalue weighted by atomic mass is 10.0. The zero-order valence-corrected chi connectivity index (χ0v) is 25.4. The molecule has 0 saturated heterocycles. The fourth-order valence-corrected chi connectivity index (χ4v) is 5.07. The van der Waals surface area contributed by atoms with Crippen molar-refractivity contribution in [3.8, 4) is 5.75 Å². The van der Waals surface area contributed by atoms with Gasteiger partial charge in [-0.15, -0.1) is 0 Å². The molecule has 0 aliphatic carbocycles. The van der Waals surface area contributed by atoms with Crippen molar-refractivity contribution in [3.63, 3.8) is 0 Å². The molecule has 1 rings (SSSR count). The van der Waals surface area contributed by atoms with Crippen LogP contribution < -0.4 is 4.74 Å². The van der Waals surface area contributed by atoms with E-state index in [2.05, 4.69) is 26.0 Å². The molecule has 1 aromatic rings. The van der Waals surface area contributed by atoms with Gasteiger partial charge >= 0.3 is 5.97 Å². The monoisotopic (exact) mass is 530 g/mol. The van der Waals surface area contributed by atoms with E-state index in [4.69, 9.17) is 9.47 Å². The third kappa shape index (κ3) is 22.5. The summed E-state index contributed by atoms with van der Waals surface area (Å²) in [6, 6.07) is 8.39. The standard InChI is InChI=1S/C35H62O3/c1-3-5-7-9-11-12-13-14-15-16-17-18-20-22-24-26-35(36)38-32-31-37-34-29-27-33(28-30-34)25-23-21-19-10-8-6-4-2/h27-30H,3-26,31-32H2,1-2H3. The van der Waals surface area contributed by atoms with Crippen LogP contribution in [0.1, 0.15) is 167 Å². The Morgan fingerprint density at radius 2 is 0.947 bits per heavy atom. The normalized spacial score (nSPS) is 11.1. The van der Waals surface area contributed by atoms with E-state index in [0.717, 1.165) is 25.0 Å². The average molecular weight is 531 g/mol. The Bertz CT molecular complexity index is 625. The average Bonchev–Trinajstić information content (AvgIpc) is 2.93. The maximum Gasteiger partial charge on any atom is 0.305 e. The number of aryl methyl sites for hydroxylation is 1. The molecular weight excluding hydrogens is 468 g/mol. The molecule has 38 heavy (non-hydrogen) atoms. The molecule has 0 radical (unpaired) electrons. The summed E-state index contributed by atoms with van der Waals surface area (Å²) in [5.41, 5.74) is 1.38. The lowest BCUT2D eigenvalue weighted by molar-refractivity contribution is -0.144. The summed E-state index contributed by atoms with van der Waals surface area (Å²) in [6.07, 6.45) is 31.1. The van der Waals surface area contributed by atoms with Crippen LogP contribution in [0.5, 0.6) is 5.75 Å². The first kappa shape index (κ1) is 34.5. The van der Waals surface area contributed by atoms with Gasteiger partial charge in [-0.1, -0.05) is 154 Å². The zero-order chi connectivity index (χ0) is 27.4. The van der Waals surface area contributed by atoms with E-state index < -0.39 is 0 Å². The third-order valence-electron chi connectivity index (χ3n) is 7.59. The van der Waals surface area contributed by atoms with E-state index in [1.54, 1.807) is 0 Å². The number of ether oxygens (including phenoxy) is 2. The zero-order valence-electron chi connectivity index (χ0n) is 25.4. The first-order valence-electron chi connectivity index (χ1n) is 16.6. The number of rotatable bonds is 28. The second-order valence-electron chi connectivity index (χ2n) is 11.3. The number of carbonyl (C=O) groups excluding carboxylic acids is 1. The van der Waals surface area contributed by atoms with Crippen molar-refractivity contribution >= 4 is 5.97 Å². The molecule has 0 fully saturated rings. The van der Waals surface area contributed by atoms with E-state index in [9.17, 15) is 4.79 Å².